The lowest BCUT2D eigenvalue weighted by Crippen LogP contribution is -2.30. The molecule has 0 radical (unpaired) electrons. The lowest BCUT2D eigenvalue weighted by Gasteiger charge is -2.28. The lowest BCUT2D eigenvalue weighted by atomic mass is 9.78. The number of aromatic hydroxyl groups is 1. The predicted molar refractivity (Wildman–Crippen MR) is 167 cm³/mol. The van der Waals surface area contributed by atoms with Crippen LogP contribution in [0, 0.1) is 5.92 Å². The predicted octanol–water partition coefficient (Wildman–Crippen LogP) is 5.04. The van der Waals surface area contributed by atoms with E-state index in [4.69, 9.17) is 10.5 Å². The number of nitrogens with two attached hydrogens (primary N) is 1. The number of nitrogens with one attached hydrogen (secondary N) is 1. The molecule has 0 amide bonds. The largest absolute Gasteiger partial charge is 0.504 e. The minimum atomic E-state index is -1.63. The van der Waals surface area contributed by atoms with Gasteiger partial charge in [-0.05, 0) is 73.1 Å². The third-order valence-electron chi connectivity index (χ3n) is 8.06. The number of benzene rings is 1. The molecule has 6 N–H and O–H groups in total. The first-order valence-electron chi connectivity index (χ1n) is 15.3. The quantitative estimate of drug-likeness (QED) is 0.0955. The molecule has 0 fully saturated rings. The van der Waals surface area contributed by atoms with E-state index in [1.165, 1.54) is 7.11 Å². The molecule has 0 bridgehead atoms. The summed E-state index contributed by atoms with van der Waals surface area (Å²) in [5, 5.41) is 32.3. The van der Waals surface area contributed by atoms with Crippen molar-refractivity contribution in [3.8, 4) is 11.5 Å². The van der Waals surface area contributed by atoms with Gasteiger partial charge in [0.15, 0.2) is 29.2 Å². The number of carbonyl (C=O) groups excluding carboxylic acids is 2. The van der Waals surface area contributed by atoms with Gasteiger partial charge in [0.2, 0.25) is 0 Å². The topological polar surface area (TPSA) is 159 Å². The molecule has 3 rings (SSSR count). The number of pyridine rings is 1. The van der Waals surface area contributed by atoms with Gasteiger partial charge < -0.3 is 30.8 Å². The third kappa shape index (κ3) is 9.40. The molecule has 3 aromatic rings. The van der Waals surface area contributed by atoms with Gasteiger partial charge in [-0.3, -0.25) is 9.59 Å². The molecular formula is C34H47N3O6. The highest BCUT2D eigenvalue weighted by Gasteiger charge is 2.30. The van der Waals surface area contributed by atoms with Gasteiger partial charge in [0, 0.05) is 48.5 Å². The minimum absolute atomic E-state index is 0.0469. The Balaban J connectivity index is 1.87. The summed E-state index contributed by atoms with van der Waals surface area (Å²) in [6, 6.07) is 11.0. The van der Waals surface area contributed by atoms with E-state index in [2.05, 4.69) is 23.8 Å². The van der Waals surface area contributed by atoms with Crippen molar-refractivity contribution in [1.29, 1.82) is 0 Å². The second-order valence-electron chi connectivity index (χ2n) is 11.2. The summed E-state index contributed by atoms with van der Waals surface area (Å²) >= 11 is 0. The number of H-pyrrole nitrogens is 1. The maximum atomic E-state index is 12.8. The highest BCUT2D eigenvalue weighted by atomic mass is 16.5. The molecule has 43 heavy (non-hydrogen) atoms. The van der Waals surface area contributed by atoms with Crippen molar-refractivity contribution in [1.82, 2.24) is 9.97 Å². The van der Waals surface area contributed by atoms with Crippen LogP contribution in [0.15, 0.2) is 42.6 Å². The van der Waals surface area contributed by atoms with Crippen LogP contribution in [-0.2, 0) is 28.9 Å². The summed E-state index contributed by atoms with van der Waals surface area (Å²) in [6.07, 6.45) is 6.49. The Kier molecular flexibility index (Phi) is 13.2. The van der Waals surface area contributed by atoms with Crippen LogP contribution in [0.1, 0.15) is 92.8 Å². The molecule has 1 aromatic carbocycles. The van der Waals surface area contributed by atoms with E-state index < -0.39 is 23.6 Å². The number of unbranched alkanes of at least 4 members (excludes halogenated alkanes) is 4. The first kappa shape index (κ1) is 33.8. The number of phenolic OH excluding ortho intramolecular Hbond substituents is 1. The van der Waals surface area contributed by atoms with Crippen LogP contribution in [0.5, 0.6) is 11.5 Å². The van der Waals surface area contributed by atoms with Crippen LogP contribution in [-0.4, -0.2) is 56.7 Å². The molecule has 0 aliphatic carbocycles. The molecule has 3 atom stereocenters. The van der Waals surface area contributed by atoms with E-state index in [0.29, 0.717) is 29.8 Å². The van der Waals surface area contributed by atoms with E-state index in [1.54, 1.807) is 24.4 Å². The van der Waals surface area contributed by atoms with Gasteiger partial charge in [0.1, 0.15) is 5.82 Å². The van der Waals surface area contributed by atoms with Crippen molar-refractivity contribution < 1.29 is 29.6 Å². The number of rotatable bonds is 19. The third-order valence-corrected chi connectivity index (χ3v) is 8.06. The van der Waals surface area contributed by atoms with E-state index in [-0.39, 0.29) is 43.3 Å². The number of Topliss-reactive ketones (excluding diaryl/α,β-unsaturated/α-hetero) is 2. The fourth-order valence-electron chi connectivity index (χ4n) is 5.60. The Bertz CT molecular complexity index is 1340. The first-order chi connectivity index (χ1) is 20.7. The van der Waals surface area contributed by atoms with Crippen molar-refractivity contribution in [3.63, 3.8) is 0 Å². The number of hydrogen-bond donors (Lipinski definition) is 5. The average Bonchev–Trinajstić information content (AvgIpc) is 3.47. The molecule has 0 aliphatic rings. The zero-order valence-corrected chi connectivity index (χ0v) is 25.6. The molecule has 0 unspecified atom stereocenters. The SMILES string of the molecule is CCCCCCCC(=O)[C@H](O)C(=O)CCc1cc(OC)c(O)c([C@@H](c2ccnc(N)c2)[C@H](CO)Cc2ccc(CC)[nH]2)c1. The zero-order valence-electron chi connectivity index (χ0n) is 25.6. The number of carbonyl (C=O) groups is 2. The summed E-state index contributed by atoms with van der Waals surface area (Å²) in [7, 11) is 1.45. The normalized spacial score (nSPS) is 13.4. The van der Waals surface area contributed by atoms with Gasteiger partial charge in [0.05, 0.1) is 7.11 Å². The van der Waals surface area contributed by atoms with Crippen LogP contribution in [0.3, 0.4) is 0 Å². The number of nitrogen functional groups attached to an aromatic ring is 1. The maximum absolute atomic E-state index is 12.8. The van der Waals surface area contributed by atoms with E-state index in [0.717, 1.165) is 49.1 Å². The number of anilines is 1. The molecule has 2 heterocycles. The summed E-state index contributed by atoms with van der Waals surface area (Å²) in [5.41, 5.74) is 10.1. The standard InChI is InChI=1S/C34H47N3O6/c1-4-6-7-8-9-10-28(39)34(42)29(40)14-11-22-17-27(33(41)30(18-22)43-3)32(23-15-16-36-31(35)20-23)24(21-38)19-26-13-12-25(5-2)37-26/h12-13,15-18,20,24,32,34,37-38,41-42H,4-11,14,19,21H2,1-3H3,(H2,35,36)/t24-,32-,34-/m0/s1. The Hall–Kier alpha value is -3.69. The Labute approximate surface area is 254 Å². The molecular weight excluding hydrogens is 546 g/mol. The van der Waals surface area contributed by atoms with Crippen molar-refractivity contribution in [2.45, 2.75) is 90.1 Å². The fraction of sp³-hybridized carbons (Fsp3) is 0.500. The summed E-state index contributed by atoms with van der Waals surface area (Å²) in [6.45, 7) is 4.00. The summed E-state index contributed by atoms with van der Waals surface area (Å²) in [4.78, 5) is 32.7. The highest BCUT2D eigenvalue weighted by Crippen LogP contribution is 2.43. The molecule has 234 valence electrons. The van der Waals surface area contributed by atoms with Crippen LogP contribution >= 0.6 is 0 Å². The summed E-state index contributed by atoms with van der Waals surface area (Å²) < 4.78 is 5.51. The van der Waals surface area contributed by atoms with E-state index in [1.807, 2.05) is 18.2 Å². The van der Waals surface area contributed by atoms with Crippen LogP contribution in [0.25, 0.3) is 0 Å². The molecule has 2 aromatic heterocycles. The number of aromatic nitrogens is 2. The number of phenols is 1. The van der Waals surface area contributed by atoms with Crippen molar-refractivity contribution in [2.24, 2.45) is 5.92 Å². The number of aliphatic hydroxyl groups is 2. The average molecular weight is 594 g/mol. The number of ether oxygens (including phenoxy) is 1. The molecule has 0 saturated heterocycles. The van der Waals surface area contributed by atoms with Gasteiger partial charge >= 0.3 is 0 Å². The number of ketones is 2. The van der Waals surface area contributed by atoms with Crippen LogP contribution in [0.4, 0.5) is 5.82 Å². The number of methoxy groups -OCH3 is 1. The van der Waals surface area contributed by atoms with Crippen molar-refractivity contribution >= 4 is 17.4 Å². The molecule has 0 spiro atoms. The van der Waals surface area contributed by atoms with Crippen molar-refractivity contribution in [2.75, 3.05) is 19.5 Å². The highest BCUT2D eigenvalue weighted by molar-refractivity contribution is 6.05. The van der Waals surface area contributed by atoms with E-state index in [9.17, 15) is 24.9 Å². The van der Waals surface area contributed by atoms with Gasteiger partial charge in [-0.25, -0.2) is 4.98 Å². The lowest BCUT2D eigenvalue weighted by molar-refractivity contribution is -0.138. The van der Waals surface area contributed by atoms with Crippen molar-refractivity contribution in [3.05, 3.63) is 70.7 Å². The fourth-order valence-corrected chi connectivity index (χ4v) is 5.60. The molecule has 9 heteroatoms. The van der Waals surface area contributed by atoms with E-state index >= 15 is 0 Å². The minimum Gasteiger partial charge on any atom is -0.504 e. The van der Waals surface area contributed by atoms with Gasteiger partial charge in [-0.15, -0.1) is 0 Å². The van der Waals surface area contributed by atoms with Gasteiger partial charge in [-0.2, -0.15) is 0 Å². The van der Waals surface area contributed by atoms with Gasteiger partial charge in [-0.1, -0.05) is 45.6 Å². The monoisotopic (exact) mass is 593 g/mol. The van der Waals surface area contributed by atoms with Gasteiger partial charge in [0.25, 0.3) is 0 Å². The number of nitrogens with zero attached hydrogens (tertiary/aromatic N) is 1. The maximum Gasteiger partial charge on any atom is 0.170 e. The molecule has 0 aliphatic heterocycles. The smallest absolute Gasteiger partial charge is 0.170 e. The number of aryl methyl sites for hydroxylation is 2. The van der Waals surface area contributed by atoms with Crippen LogP contribution < -0.4 is 10.5 Å². The summed E-state index contributed by atoms with van der Waals surface area (Å²) in [5.74, 6) is -1.36. The second kappa shape index (κ2) is 16.8. The second-order valence-corrected chi connectivity index (χ2v) is 11.2. The number of hydrogen-bond acceptors (Lipinski definition) is 8. The Morgan fingerprint density at radius 2 is 1.72 bits per heavy atom. The molecule has 0 saturated carbocycles. The number of aromatic amines is 1. The zero-order chi connectivity index (χ0) is 31.4. The first-order valence-corrected chi connectivity index (χ1v) is 15.3. The Morgan fingerprint density at radius 1 is 1.00 bits per heavy atom. The molecule has 9 nitrogen and oxygen atoms in total. The van der Waals surface area contributed by atoms with Crippen LogP contribution in [0.2, 0.25) is 0 Å². The Morgan fingerprint density at radius 3 is 2.37 bits per heavy atom. The number of aliphatic hydroxyl groups excluding tert-OH is 2.